The van der Waals surface area contributed by atoms with E-state index in [0.29, 0.717) is 16.7 Å². The summed E-state index contributed by atoms with van der Waals surface area (Å²) in [7, 11) is 0. The largest absolute Gasteiger partial charge is 0.508 e. The normalized spacial score (nSPS) is 20.3. The van der Waals surface area contributed by atoms with Gasteiger partial charge in [0.1, 0.15) is 17.6 Å². The van der Waals surface area contributed by atoms with Gasteiger partial charge in [-0.25, -0.2) is 0 Å². The summed E-state index contributed by atoms with van der Waals surface area (Å²) in [5, 5.41) is 10.3. The fourth-order valence-corrected chi connectivity index (χ4v) is 3.67. The number of Topliss-reactive ketones (excluding diaryl/α,β-unsaturated/α-hetero) is 1. The zero-order valence-corrected chi connectivity index (χ0v) is 13.3. The van der Waals surface area contributed by atoms with Gasteiger partial charge in [0.2, 0.25) is 0 Å². The Morgan fingerprint density at radius 1 is 0.960 bits per heavy atom. The van der Waals surface area contributed by atoms with Crippen molar-refractivity contribution in [2.45, 2.75) is 6.04 Å². The number of para-hydroxylation sites is 1. The Kier molecular flexibility index (Phi) is 2.82. The molecule has 0 bridgehead atoms. The standard InChI is InChI=1S/C21H14N2O2/c24-16-10-4-3-9-15(16)19-18-20(23-12-6-5-11-17(23)22-19)13-7-1-2-8-14(13)21(18)25/h1-12,19,24H. The van der Waals surface area contributed by atoms with Gasteiger partial charge in [-0.2, -0.15) is 0 Å². The molecule has 25 heavy (non-hydrogen) atoms. The molecule has 0 spiro atoms. The quantitative estimate of drug-likeness (QED) is 0.866. The lowest BCUT2D eigenvalue weighted by Crippen LogP contribution is -2.30. The second-order valence-corrected chi connectivity index (χ2v) is 6.16. The molecule has 1 N–H and O–H groups in total. The van der Waals surface area contributed by atoms with Gasteiger partial charge in [-0.05, 0) is 18.2 Å². The molecular weight excluding hydrogens is 312 g/mol. The van der Waals surface area contributed by atoms with Crippen molar-refractivity contribution in [1.29, 1.82) is 0 Å². The van der Waals surface area contributed by atoms with Crippen LogP contribution in [0.5, 0.6) is 5.75 Å². The predicted molar refractivity (Wildman–Crippen MR) is 96.1 cm³/mol. The van der Waals surface area contributed by atoms with Crippen LogP contribution < -0.4 is 0 Å². The van der Waals surface area contributed by atoms with Crippen LogP contribution in [0.1, 0.15) is 27.5 Å². The average molecular weight is 326 g/mol. The third-order valence-electron chi connectivity index (χ3n) is 4.77. The van der Waals surface area contributed by atoms with E-state index >= 15 is 0 Å². The summed E-state index contributed by atoms with van der Waals surface area (Å²) in [6, 6.07) is 14.2. The fraction of sp³-hybridized carbons (Fsp3) is 0.0476. The number of ketones is 1. The molecule has 3 aliphatic rings. The molecule has 0 saturated heterocycles. The molecule has 0 fully saturated rings. The summed E-state index contributed by atoms with van der Waals surface area (Å²) in [6.07, 6.45) is 7.69. The van der Waals surface area contributed by atoms with Crippen molar-refractivity contribution < 1.29 is 9.90 Å². The van der Waals surface area contributed by atoms with Crippen molar-refractivity contribution in [1.82, 2.24) is 4.90 Å². The third kappa shape index (κ3) is 1.88. The van der Waals surface area contributed by atoms with E-state index in [9.17, 15) is 9.90 Å². The van der Waals surface area contributed by atoms with E-state index in [1.807, 2.05) is 65.7 Å². The van der Waals surface area contributed by atoms with Gasteiger partial charge in [-0.3, -0.25) is 9.79 Å². The smallest absolute Gasteiger partial charge is 0.194 e. The van der Waals surface area contributed by atoms with Crippen LogP contribution in [0.2, 0.25) is 0 Å². The van der Waals surface area contributed by atoms with Crippen molar-refractivity contribution in [2.75, 3.05) is 0 Å². The first-order valence-corrected chi connectivity index (χ1v) is 8.14. The highest BCUT2D eigenvalue weighted by molar-refractivity contribution is 6.24. The van der Waals surface area contributed by atoms with Crippen LogP contribution in [0, 0.1) is 0 Å². The molecule has 120 valence electrons. The van der Waals surface area contributed by atoms with Crippen LogP contribution >= 0.6 is 0 Å². The van der Waals surface area contributed by atoms with Crippen molar-refractivity contribution in [3.8, 4) is 5.75 Å². The molecule has 0 radical (unpaired) electrons. The lowest BCUT2D eigenvalue weighted by molar-refractivity contribution is 0.103. The van der Waals surface area contributed by atoms with Crippen LogP contribution in [0.4, 0.5) is 0 Å². The van der Waals surface area contributed by atoms with Gasteiger partial charge in [0, 0.05) is 22.9 Å². The Morgan fingerprint density at radius 2 is 1.72 bits per heavy atom. The Hall–Kier alpha value is -3.40. The van der Waals surface area contributed by atoms with Gasteiger partial charge in [-0.1, -0.05) is 48.5 Å². The molecule has 5 rings (SSSR count). The second-order valence-electron chi connectivity index (χ2n) is 6.16. The highest BCUT2D eigenvalue weighted by Gasteiger charge is 2.41. The molecule has 2 aromatic carbocycles. The number of rotatable bonds is 1. The molecule has 1 aliphatic carbocycles. The van der Waals surface area contributed by atoms with Crippen molar-refractivity contribution >= 4 is 17.3 Å². The Bertz CT molecular complexity index is 1040. The Morgan fingerprint density at radius 3 is 2.56 bits per heavy atom. The van der Waals surface area contributed by atoms with Gasteiger partial charge in [0.15, 0.2) is 5.78 Å². The minimum atomic E-state index is -0.515. The summed E-state index contributed by atoms with van der Waals surface area (Å²) in [4.78, 5) is 19.9. The lowest BCUT2D eigenvalue weighted by Gasteiger charge is -2.32. The third-order valence-corrected chi connectivity index (χ3v) is 4.77. The first-order chi connectivity index (χ1) is 12.3. The summed E-state index contributed by atoms with van der Waals surface area (Å²) in [5.74, 6) is 0.889. The number of aromatic hydroxyl groups is 1. The van der Waals surface area contributed by atoms with Gasteiger partial charge in [-0.15, -0.1) is 0 Å². The molecule has 1 atom stereocenters. The van der Waals surface area contributed by atoms with Crippen LogP contribution in [0.3, 0.4) is 0 Å². The van der Waals surface area contributed by atoms with Crippen LogP contribution in [-0.4, -0.2) is 21.6 Å². The minimum Gasteiger partial charge on any atom is -0.508 e. The van der Waals surface area contributed by atoms with Crippen LogP contribution in [0.25, 0.3) is 5.70 Å². The SMILES string of the molecule is O=C1C2=C(c3ccccc31)N1C=CC=CC1=NC2c1ccccc1O. The Labute approximate surface area is 144 Å². The second kappa shape index (κ2) is 5.05. The fourth-order valence-electron chi connectivity index (χ4n) is 3.67. The molecule has 0 amide bonds. The predicted octanol–water partition coefficient (Wildman–Crippen LogP) is 3.84. The molecule has 2 aliphatic heterocycles. The molecule has 2 heterocycles. The van der Waals surface area contributed by atoms with Crippen LogP contribution in [0.15, 0.2) is 83.5 Å². The van der Waals surface area contributed by atoms with Crippen LogP contribution in [-0.2, 0) is 0 Å². The molecule has 1 unspecified atom stereocenters. The maximum absolute atomic E-state index is 13.1. The number of carbonyl (C=O) groups is 1. The van der Waals surface area contributed by atoms with E-state index in [4.69, 9.17) is 4.99 Å². The summed E-state index contributed by atoms with van der Waals surface area (Å²) in [6.45, 7) is 0. The summed E-state index contributed by atoms with van der Waals surface area (Å²) < 4.78 is 0. The lowest BCUT2D eigenvalue weighted by atomic mass is 9.93. The first kappa shape index (κ1) is 14.0. The zero-order chi connectivity index (χ0) is 17.0. The maximum atomic E-state index is 13.1. The van der Waals surface area contributed by atoms with E-state index in [0.717, 1.165) is 17.1 Å². The summed E-state index contributed by atoms with van der Waals surface area (Å²) >= 11 is 0. The molecule has 0 aromatic heterocycles. The number of carbonyl (C=O) groups excluding carboxylic acids is 1. The zero-order valence-electron chi connectivity index (χ0n) is 13.3. The number of allylic oxidation sites excluding steroid dienone is 2. The van der Waals surface area contributed by atoms with E-state index in [-0.39, 0.29) is 11.5 Å². The van der Waals surface area contributed by atoms with Gasteiger partial charge in [0.25, 0.3) is 0 Å². The van der Waals surface area contributed by atoms with Gasteiger partial charge < -0.3 is 10.0 Å². The highest BCUT2D eigenvalue weighted by atomic mass is 16.3. The Balaban J connectivity index is 1.79. The number of fused-ring (bicyclic) bond motifs is 4. The number of benzene rings is 2. The van der Waals surface area contributed by atoms with E-state index in [1.165, 1.54) is 0 Å². The average Bonchev–Trinajstić information content (AvgIpc) is 2.96. The van der Waals surface area contributed by atoms with Crippen molar-refractivity contribution in [3.05, 3.63) is 95.2 Å². The number of phenols is 1. The maximum Gasteiger partial charge on any atom is 0.194 e. The molecular formula is C21H14N2O2. The van der Waals surface area contributed by atoms with Gasteiger partial charge >= 0.3 is 0 Å². The number of phenolic OH excluding ortho intramolecular Hbond substituents is 1. The number of nitrogens with zero attached hydrogens (tertiary/aromatic N) is 2. The molecule has 4 nitrogen and oxygen atoms in total. The number of amidine groups is 1. The number of hydrogen-bond donors (Lipinski definition) is 1. The van der Waals surface area contributed by atoms with E-state index in [2.05, 4.69) is 0 Å². The van der Waals surface area contributed by atoms with Crippen molar-refractivity contribution in [2.24, 2.45) is 4.99 Å². The van der Waals surface area contributed by atoms with Gasteiger partial charge in [0.05, 0.1) is 11.3 Å². The summed E-state index contributed by atoms with van der Waals surface area (Å²) in [5.41, 5.74) is 3.72. The monoisotopic (exact) mass is 326 g/mol. The first-order valence-electron chi connectivity index (χ1n) is 8.14. The molecule has 2 aromatic rings. The minimum absolute atomic E-state index is 0.0235. The van der Waals surface area contributed by atoms with Crippen molar-refractivity contribution in [3.63, 3.8) is 0 Å². The van der Waals surface area contributed by atoms with E-state index in [1.54, 1.807) is 12.1 Å². The highest BCUT2D eigenvalue weighted by Crippen LogP contribution is 2.47. The number of hydrogen-bond acceptors (Lipinski definition) is 4. The topological polar surface area (TPSA) is 52.9 Å². The molecule has 4 heteroatoms. The number of aliphatic imine (C=N–C) groups is 1. The molecule has 0 saturated carbocycles. The van der Waals surface area contributed by atoms with E-state index < -0.39 is 6.04 Å².